The molecule has 14 heavy (non-hydrogen) atoms. The summed E-state index contributed by atoms with van der Waals surface area (Å²) in [6.07, 6.45) is 0. The van der Waals surface area contributed by atoms with Crippen LogP contribution in [0.5, 0.6) is 5.75 Å². The minimum Gasteiger partial charge on any atom is -0.496 e. The van der Waals surface area contributed by atoms with E-state index in [1.165, 1.54) is 4.90 Å². The van der Waals surface area contributed by atoms with Crippen molar-refractivity contribution in [2.45, 2.75) is 4.90 Å². The molecule has 0 unspecified atom stereocenters. The summed E-state index contributed by atoms with van der Waals surface area (Å²) in [5.74, 6) is 0.567. The van der Waals surface area contributed by atoms with Crippen LogP contribution in [0.15, 0.2) is 23.1 Å². The van der Waals surface area contributed by atoms with E-state index in [0.29, 0.717) is 11.3 Å². The summed E-state index contributed by atoms with van der Waals surface area (Å²) in [7, 11) is 4.98. The van der Waals surface area contributed by atoms with Crippen LogP contribution in [-0.2, 0) is 0 Å². The average Bonchev–Trinajstić information content (AvgIpc) is 2.17. The Hall–Kier alpha value is -1.16. The van der Waals surface area contributed by atoms with Crippen molar-refractivity contribution >= 4 is 18.5 Å². The second kappa shape index (κ2) is 4.37. The Morgan fingerprint density at radius 2 is 2.07 bits per heavy atom. The second-order valence-electron chi connectivity index (χ2n) is 3.09. The summed E-state index contributed by atoms with van der Waals surface area (Å²) in [4.78, 5) is 13.8. The Morgan fingerprint density at radius 3 is 2.57 bits per heavy atom. The van der Waals surface area contributed by atoms with Gasteiger partial charge in [-0.25, -0.2) is 0 Å². The summed E-state index contributed by atoms with van der Waals surface area (Å²) in [6.45, 7) is 0. The van der Waals surface area contributed by atoms with E-state index in [1.54, 1.807) is 39.4 Å². The molecule has 4 heteroatoms. The topological polar surface area (TPSA) is 29.5 Å². The van der Waals surface area contributed by atoms with Crippen molar-refractivity contribution in [3.05, 3.63) is 23.8 Å². The molecule has 0 aliphatic carbocycles. The second-order valence-corrected chi connectivity index (χ2v) is 3.57. The SMILES string of the molecule is COc1cc(C(=O)N(C)C)ccc1S. The van der Waals surface area contributed by atoms with Gasteiger partial charge in [0.15, 0.2) is 0 Å². The van der Waals surface area contributed by atoms with Gasteiger partial charge in [0.05, 0.1) is 7.11 Å². The monoisotopic (exact) mass is 211 g/mol. The van der Waals surface area contributed by atoms with Gasteiger partial charge in [0, 0.05) is 24.6 Å². The van der Waals surface area contributed by atoms with E-state index in [1.807, 2.05) is 0 Å². The van der Waals surface area contributed by atoms with Crippen LogP contribution in [0.3, 0.4) is 0 Å². The first-order chi connectivity index (χ1) is 6.56. The molecule has 1 aromatic rings. The Balaban J connectivity index is 3.06. The van der Waals surface area contributed by atoms with Crippen molar-refractivity contribution in [1.29, 1.82) is 0 Å². The Labute approximate surface area is 89.1 Å². The van der Waals surface area contributed by atoms with Crippen LogP contribution in [0, 0.1) is 0 Å². The van der Waals surface area contributed by atoms with Crippen molar-refractivity contribution < 1.29 is 9.53 Å². The van der Waals surface area contributed by atoms with E-state index >= 15 is 0 Å². The Kier molecular flexibility index (Phi) is 3.41. The lowest BCUT2D eigenvalue weighted by Crippen LogP contribution is -2.21. The number of carbonyl (C=O) groups excluding carboxylic acids is 1. The summed E-state index contributed by atoms with van der Waals surface area (Å²) < 4.78 is 5.07. The third-order valence-electron chi connectivity index (χ3n) is 1.83. The number of benzene rings is 1. The number of hydrogen-bond acceptors (Lipinski definition) is 3. The quantitative estimate of drug-likeness (QED) is 0.754. The maximum absolute atomic E-state index is 11.6. The number of rotatable bonds is 2. The van der Waals surface area contributed by atoms with Gasteiger partial charge in [0.1, 0.15) is 5.75 Å². The predicted octanol–water partition coefficient (Wildman–Crippen LogP) is 1.69. The number of carbonyl (C=O) groups is 1. The highest BCUT2D eigenvalue weighted by molar-refractivity contribution is 7.80. The number of ether oxygens (including phenoxy) is 1. The van der Waals surface area contributed by atoms with Gasteiger partial charge in [-0.3, -0.25) is 4.79 Å². The van der Waals surface area contributed by atoms with Gasteiger partial charge in [-0.2, -0.15) is 0 Å². The van der Waals surface area contributed by atoms with Crippen LogP contribution < -0.4 is 4.74 Å². The van der Waals surface area contributed by atoms with Crippen LogP contribution in [0.4, 0.5) is 0 Å². The van der Waals surface area contributed by atoms with Crippen molar-refractivity contribution in [2.24, 2.45) is 0 Å². The number of nitrogens with zero attached hydrogens (tertiary/aromatic N) is 1. The maximum Gasteiger partial charge on any atom is 0.253 e. The molecule has 0 heterocycles. The van der Waals surface area contributed by atoms with Crippen molar-refractivity contribution in [3.8, 4) is 5.75 Å². The molecule has 0 aliphatic rings. The molecule has 0 saturated heterocycles. The fourth-order valence-electron chi connectivity index (χ4n) is 1.07. The van der Waals surface area contributed by atoms with Crippen LogP contribution in [0.25, 0.3) is 0 Å². The van der Waals surface area contributed by atoms with Gasteiger partial charge in [0.2, 0.25) is 0 Å². The van der Waals surface area contributed by atoms with Gasteiger partial charge in [-0.15, -0.1) is 12.6 Å². The highest BCUT2D eigenvalue weighted by Gasteiger charge is 2.09. The van der Waals surface area contributed by atoms with E-state index in [4.69, 9.17) is 4.74 Å². The van der Waals surface area contributed by atoms with Gasteiger partial charge in [-0.1, -0.05) is 0 Å². The number of thiol groups is 1. The lowest BCUT2D eigenvalue weighted by atomic mass is 10.2. The van der Waals surface area contributed by atoms with Gasteiger partial charge in [-0.05, 0) is 18.2 Å². The first-order valence-corrected chi connectivity index (χ1v) is 4.59. The van der Waals surface area contributed by atoms with Crippen molar-refractivity contribution in [1.82, 2.24) is 4.90 Å². The highest BCUT2D eigenvalue weighted by atomic mass is 32.1. The lowest BCUT2D eigenvalue weighted by Gasteiger charge is -2.11. The molecule has 0 aromatic heterocycles. The minimum absolute atomic E-state index is 0.0448. The molecule has 0 saturated carbocycles. The molecule has 76 valence electrons. The minimum atomic E-state index is -0.0448. The van der Waals surface area contributed by atoms with Crippen LogP contribution in [0.1, 0.15) is 10.4 Å². The number of hydrogen-bond donors (Lipinski definition) is 1. The molecular weight excluding hydrogens is 198 g/mol. The number of methoxy groups -OCH3 is 1. The highest BCUT2D eigenvalue weighted by Crippen LogP contribution is 2.23. The Morgan fingerprint density at radius 1 is 1.43 bits per heavy atom. The van der Waals surface area contributed by atoms with Crippen molar-refractivity contribution in [2.75, 3.05) is 21.2 Å². The normalized spacial score (nSPS) is 9.71. The van der Waals surface area contributed by atoms with E-state index in [2.05, 4.69) is 12.6 Å². The van der Waals surface area contributed by atoms with E-state index in [-0.39, 0.29) is 5.91 Å². The lowest BCUT2D eigenvalue weighted by molar-refractivity contribution is 0.0827. The van der Waals surface area contributed by atoms with Crippen LogP contribution in [-0.4, -0.2) is 32.0 Å². The fraction of sp³-hybridized carbons (Fsp3) is 0.300. The molecule has 1 amide bonds. The molecule has 0 fully saturated rings. The smallest absolute Gasteiger partial charge is 0.253 e. The third-order valence-corrected chi connectivity index (χ3v) is 2.20. The van der Waals surface area contributed by atoms with Gasteiger partial charge < -0.3 is 9.64 Å². The van der Waals surface area contributed by atoms with Crippen LogP contribution >= 0.6 is 12.6 Å². The first-order valence-electron chi connectivity index (χ1n) is 4.15. The summed E-state index contributed by atoms with van der Waals surface area (Å²) in [5.41, 5.74) is 0.602. The summed E-state index contributed by atoms with van der Waals surface area (Å²) in [6, 6.07) is 5.16. The molecule has 0 radical (unpaired) electrons. The average molecular weight is 211 g/mol. The van der Waals surface area contributed by atoms with E-state index < -0.39 is 0 Å². The predicted molar refractivity (Wildman–Crippen MR) is 58.3 cm³/mol. The molecule has 0 N–H and O–H groups in total. The van der Waals surface area contributed by atoms with Crippen LogP contribution in [0.2, 0.25) is 0 Å². The number of amides is 1. The first kappa shape index (κ1) is 10.9. The van der Waals surface area contributed by atoms with Crippen molar-refractivity contribution in [3.63, 3.8) is 0 Å². The zero-order chi connectivity index (χ0) is 10.7. The van der Waals surface area contributed by atoms with Gasteiger partial charge in [0.25, 0.3) is 5.91 Å². The molecule has 0 spiro atoms. The molecular formula is C10H13NO2S. The molecule has 1 rings (SSSR count). The molecule has 3 nitrogen and oxygen atoms in total. The third kappa shape index (κ3) is 2.20. The largest absolute Gasteiger partial charge is 0.496 e. The standard InChI is InChI=1S/C10H13NO2S/c1-11(2)10(12)7-4-5-9(14)8(6-7)13-3/h4-6,14H,1-3H3. The molecule has 0 aliphatic heterocycles. The Bertz CT molecular complexity index is 350. The van der Waals surface area contributed by atoms with Gasteiger partial charge >= 0.3 is 0 Å². The molecule has 0 bridgehead atoms. The fourth-order valence-corrected chi connectivity index (χ4v) is 1.30. The molecule has 1 aromatic carbocycles. The van der Waals surface area contributed by atoms with E-state index in [0.717, 1.165) is 4.90 Å². The zero-order valence-electron chi connectivity index (χ0n) is 8.44. The summed E-state index contributed by atoms with van der Waals surface area (Å²) >= 11 is 4.20. The zero-order valence-corrected chi connectivity index (χ0v) is 9.34. The maximum atomic E-state index is 11.6. The molecule has 0 atom stereocenters. The van der Waals surface area contributed by atoms with E-state index in [9.17, 15) is 4.79 Å². The summed E-state index contributed by atoms with van der Waals surface area (Å²) in [5, 5.41) is 0.